The Kier molecular flexibility index (Phi) is 5.76. The number of carbonyl (C=O) groups is 1. The summed E-state index contributed by atoms with van der Waals surface area (Å²) < 4.78 is 5.30. The first kappa shape index (κ1) is 14.8. The molecular weight excluding hydrogens is 238 g/mol. The molecule has 0 saturated carbocycles. The van der Waals surface area contributed by atoms with Crippen molar-refractivity contribution in [2.45, 2.75) is 50.4 Å². The van der Waals surface area contributed by atoms with Gasteiger partial charge in [0.15, 0.2) is 0 Å². The lowest BCUT2D eigenvalue weighted by Crippen LogP contribution is -2.54. The van der Waals surface area contributed by atoms with Crippen molar-refractivity contribution in [3.63, 3.8) is 0 Å². The summed E-state index contributed by atoms with van der Waals surface area (Å²) in [6.45, 7) is 7.32. The Hall–Kier alpha value is -0.260. The summed E-state index contributed by atoms with van der Waals surface area (Å²) in [4.78, 5) is 11.3. The van der Waals surface area contributed by atoms with Gasteiger partial charge < -0.3 is 9.84 Å². The molecule has 1 aliphatic rings. The molecule has 5 heteroatoms. The zero-order valence-corrected chi connectivity index (χ0v) is 11.7. The normalized spacial score (nSPS) is 21.4. The summed E-state index contributed by atoms with van der Waals surface area (Å²) in [5, 5.41) is 13.0. The molecule has 100 valence electrons. The third-order valence-corrected chi connectivity index (χ3v) is 4.54. The largest absolute Gasteiger partial charge is 0.480 e. The molecule has 1 saturated heterocycles. The minimum atomic E-state index is -0.836. The lowest BCUT2D eigenvalue weighted by Gasteiger charge is -2.31. The van der Waals surface area contributed by atoms with Crippen LogP contribution in [-0.2, 0) is 9.53 Å². The van der Waals surface area contributed by atoms with E-state index in [1.54, 1.807) is 18.7 Å². The van der Waals surface area contributed by atoms with Gasteiger partial charge in [0.25, 0.3) is 0 Å². The van der Waals surface area contributed by atoms with Gasteiger partial charge in [0.05, 0.1) is 0 Å². The van der Waals surface area contributed by atoms with Gasteiger partial charge in [-0.05, 0) is 33.6 Å². The molecule has 17 heavy (non-hydrogen) atoms. The van der Waals surface area contributed by atoms with Gasteiger partial charge in [-0.3, -0.25) is 10.1 Å². The second-order valence-electron chi connectivity index (χ2n) is 5.06. The summed E-state index contributed by atoms with van der Waals surface area (Å²) in [5.74, 6) is -0.170. The summed E-state index contributed by atoms with van der Waals surface area (Å²) in [5.41, 5.74) is -0.836. The van der Waals surface area contributed by atoms with E-state index in [0.29, 0.717) is 11.0 Å². The van der Waals surface area contributed by atoms with Crippen molar-refractivity contribution < 1.29 is 14.6 Å². The van der Waals surface area contributed by atoms with Crippen LogP contribution in [0.25, 0.3) is 0 Å². The van der Waals surface area contributed by atoms with Crippen LogP contribution in [0.4, 0.5) is 0 Å². The van der Waals surface area contributed by atoms with E-state index < -0.39 is 11.5 Å². The minimum absolute atomic E-state index is 0.173. The average Bonchev–Trinajstić information content (AvgIpc) is 2.27. The molecule has 0 radical (unpaired) electrons. The van der Waals surface area contributed by atoms with E-state index in [2.05, 4.69) is 5.32 Å². The first-order valence-corrected chi connectivity index (χ1v) is 7.19. The van der Waals surface area contributed by atoms with E-state index in [9.17, 15) is 9.90 Å². The SMILES string of the molecule is CC(C)NC(C)(CSC1CCOCC1)C(=O)O. The third kappa shape index (κ3) is 4.85. The van der Waals surface area contributed by atoms with E-state index in [4.69, 9.17) is 4.74 Å². The predicted molar refractivity (Wildman–Crippen MR) is 70.6 cm³/mol. The van der Waals surface area contributed by atoms with Gasteiger partial charge >= 0.3 is 5.97 Å². The minimum Gasteiger partial charge on any atom is -0.480 e. The molecular formula is C12H23NO3S. The van der Waals surface area contributed by atoms with Gasteiger partial charge in [-0.1, -0.05) is 0 Å². The molecule has 0 aromatic rings. The number of hydrogen-bond acceptors (Lipinski definition) is 4. The molecule has 1 fully saturated rings. The van der Waals surface area contributed by atoms with Gasteiger partial charge in [-0.25, -0.2) is 0 Å². The Labute approximate surface area is 107 Å². The summed E-state index contributed by atoms with van der Waals surface area (Å²) in [7, 11) is 0. The molecule has 4 nitrogen and oxygen atoms in total. The fraction of sp³-hybridized carbons (Fsp3) is 0.917. The van der Waals surface area contributed by atoms with Crippen LogP contribution in [-0.4, -0.2) is 46.9 Å². The quantitative estimate of drug-likeness (QED) is 0.762. The first-order valence-electron chi connectivity index (χ1n) is 6.14. The maximum Gasteiger partial charge on any atom is 0.324 e. The Balaban J connectivity index is 2.45. The van der Waals surface area contributed by atoms with E-state index in [-0.39, 0.29) is 6.04 Å². The standard InChI is InChI=1S/C12H23NO3S/c1-9(2)13-12(3,11(14)15)8-17-10-4-6-16-7-5-10/h9-10,13H,4-8H2,1-3H3,(H,14,15). The molecule has 2 N–H and O–H groups in total. The third-order valence-electron chi connectivity index (χ3n) is 2.86. The van der Waals surface area contributed by atoms with Gasteiger partial charge in [-0.2, -0.15) is 11.8 Å². The topological polar surface area (TPSA) is 58.6 Å². The number of rotatable bonds is 6. The molecule has 0 aromatic heterocycles. The molecule has 0 aliphatic carbocycles. The molecule has 0 amide bonds. The predicted octanol–water partition coefficient (Wildman–Crippen LogP) is 1.74. The Morgan fingerprint density at radius 3 is 2.59 bits per heavy atom. The Bertz CT molecular complexity index is 254. The van der Waals surface area contributed by atoms with Crippen molar-refractivity contribution in [2.24, 2.45) is 0 Å². The van der Waals surface area contributed by atoms with Gasteiger partial charge in [0, 0.05) is 30.3 Å². The molecule has 0 spiro atoms. The van der Waals surface area contributed by atoms with Crippen LogP contribution in [0, 0.1) is 0 Å². The molecule has 1 rings (SSSR count). The van der Waals surface area contributed by atoms with Crippen LogP contribution >= 0.6 is 11.8 Å². The fourth-order valence-corrected chi connectivity index (χ4v) is 3.23. The lowest BCUT2D eigenvalue weighted by molar-refractivity contribution is -0.143. The van der Waals surface area contributed by atoms with Crippen molar-refractivity contribution in [1.29, 1.82) is 0 Å². The Morgan fingerprint density at radius 2 is 2.12 bits per heavy atom. The Morgan fingerprint density at radius 1 is 1.53 bits per heavy atom. The van der Waals surface area contributed by atoms with Crippen molar-refractivity contribution in [1.82, 2.24) is 5.32 Å². The first-order chi connectivity index (χ1) is 7.94. The molecule has 0 aromatic carbocycles. The van der Waals surface area contributed by atoms with Gasteiger partial charge in [-0.15, -0.1) is 0 Å². The highest BCUT2D eigenvalue weighted by molar-refractivity contribution is 8.00. The van der Waals surface area contributed by atoms with Crippen LogP contribution in [0.2, 0.25) is 0 Å². The van der Waals surface area contributed by atoms with Crippen molar-refractivity contribution in [2.75, 3.05) is 19.0 Å². The zero-order valence-electron chi connectivity index (χ0n) is 10.9. The van der Waals surface area contributed by atoms with E-state index in [0.717, 1.165) is 26.1 Å². The van der Waals surface area contributed by atoms with Crippen LogP contribution in [0.5, 0.6) is 0 Å². The van der Waals surface area contributed by atoms with Gasteiger partial charge in [0.1, 0.15) is 5.54 Å². The average molecular weight is 261 g/mol. The van der Waals surface area contributed by atoms with Crippen LogP contribution in [0.15, 0.2) is 0 Å². The van der Waals surface area contributed by atoms with Gasteiger partial charge in [0.2, 0.25) is 0 Å². The summed E-state index contributed by atoms with van der Waals surface area (Å²) in [6, 6.07) is 0.173. The second-order valence-corrected chi connectivity index (χ2v) is 6.35. The maximum absolute atomic E-state index is 11.3. The zero-order chi connectivity index (χ0) is 12.9. The fourth-order valence-electron chi connectivity index (χ4n) is 1.93. The van der Waals surface area contributed by atoms with Crippen molar-refractivity contribution in [3.8, 4) is 0 Å². The highest BCUT2D eigenvalue weighted by atomic mass is 32.2. The molecule has 1 atom stereocenters. The second kappa shape index (κ2) is 6.61. The highest BCUT2D eigenvalue weighted by Crippen LogP contribution is 2.25. The number of carboxylic acid groups (broad SMARTS) is 1. The smallest absolute Gasteiger partial charge is 0.324 e. The number of aliphatic carboxylic acids is 1. The highest BCUT2D eigenvalue weighted by Gasteiger charge is 2.34. The number of hydrogen-bond donors (Lipinski definition) is 2. The number of carboxylic acids is 1. The molecule has 0 bridgehead atoms. The molecule has 1 unspecified atom stereocenters. The van der Waals surface area contributed by atoms with Crippen molar-refractivity contribution in [3.05, 3.63) is 0 Å². The summed E-state index contributed by atoms with van der Waals surface area (Å²) in [6.07, 6.45) is 2.06. The maximum atomic E-state index is 11.3. The van der Waals surface area contributed by atoms with E-state index in [1.807, 2.05) is 13.8 Å². The molecule has 1 heterocycles. The van der Waals surface area contributed by atoms with Crippen molar-refractivity contribution >= 4 is 17.7 Å². The van der Waals surface area contributed by atoms with E-state index >= 15 is 0 Å². The van der Waals surface area contributed by atoms with Crippen LogP contribution in [0.1, 0.15) is 33.6 Å². The molecule has 1 aliphatic heterocycles. The van der Waals surface area contributed by atoms with Crippen LogP contribution < -0.4 is 5.32 Å². The monoisotopic (exact) mass is 261 g/mol. The number of thioether (sulfide) groups is 1. The lowest BCUT2D eigenvalue weighted by atomic mass is 10.1. The number of nitrogens with one attached hydrogen (secondary N) is 1. The van der Waals surface area contributed by atoms with Crippen LogP contribution in [0.3, 0.4) is 0 Å². The van der Waals surface area contributed by atoms with E-state index in [1.165, 1.54) is 0 Å². The number of ether oxygens (including phenoxy) is 1. The summed E-state index contributed by atoms with van der Waals surface area (Å²) >= 11 is 1.75.